The average molecular weight is 459 g/mol. The third-order valence-electron chi connectivity index (χ3n) is 6.61. The van der Waals surface area contributed by atoms with Crippen molar-refractivity contribution in [2.24, 2.45) is 11.1 Å². The van der Waals surface area contributed by atoms with E-state index in [9.17, 15) is 18.0 Å². The third kappa shape index (κ3) is 5.36. The summed E-state index contributed by atoms with van der Waals surface area (Å²) in [7, 11) is 0. The highest BCUT2D eigenvalue weighted by Crippen LogP contribution is 2.36. The summed E-state index contributed by atoms with van der Waals surface area (Å²) in [5.41, 5.74) is 0.595. The lowest BCUT2D eigenvalue weighted by Gasteiger charge is -2.36. The van der Waals surface area contributed by atoms with Gasteiger partial charge in [-0.2, -0.15) is 13.2 Å². The van der Waals surface area contributed by atoms with Gasteiger partial charge in [-0.05, 0) is 55.4 Å². The fourth-order valence-electron chi connectivity index (χ4n) is 5.01. The van der Waals surface area contributed by atoms with Gasteiger partial charge in [0, 0.05) is 56.4 Å². The van der Waals surface area contributed by atoms with Crippen LogP contribution in [0, 0.1) is 5.92 Å². The summed E-state index contributed by atoms with van der Waals surface area (Å²) in [6.45, 7) is 2.14. The minimum Gasteiger partial charge on any atom is -0.381 e. The fourth-order valence-corrected chi connectivity index (χ4v) is 5.38. The van der Waals surface area contributed by atoms with Crippen LogP contribution < -0.4 is 15.2 Å². The Balaban J connectivity index is 1.44. The van der Waals surface area contributed by atoms with Crippen LogP contribution in [0.2, 0.25) is 0 Å². The van der Waals surface area contributed by atoms with E-state index in [-0.39, 0.29) is 24.4 Å². The molecule has 4 rings (SSSR count). The molecule has 0 aromatic heterocycles. The van der Waals surface area contributed by atoms with Crippen molar-refractivity contribution < 1.29 is 22.7 Å². The fraction of sp³-hybridized carbons (Fsp3) is 0.667. The Morgan fingerprint density at radius 1 is 1.16 bits per heavy atom. The largest absolute Gasteiger partial charge is 0.416 e. The Kier molecular flexibility index (Phi) is 7.12. The molecule has 1 saturated carbocycles. The van der Waals surface area contributed by atoms with Crippen molar-refractivity contribution in [3.8, 4) is 0 Å². The number of nitrogens with zero attached hydrogens (tertiary/aromatic N) is 1. The topological polar surface area (TPSA) is 79.6 Å². The number of hydrogen-bond donors (Lipinski definition) is 3. The van der Waals surface area contributed by atoms with Crippen LogP contribution in [0.25, 0.3) is 0 Å². The number of amides is 1. The van der Waals surface area contributed by atoms with E-state index in [1.54, 1.807) is 4.90 Å². The molecule has 2 fully saturated rings. The molecule has 0 spiro atoms. The number of carbonyl (C=O) groups is 1. The number of hydrogen-bond acceptors (Lipinski definition) is 6. The lowest BCUT2D eigenvalue weighted by Crippen LogP contribution is -2.44. The SMILES string of the molecule is NSNC1CN(C(=O)C2CCC(NC3CCOCC3)C2)Cc2cc(C(F)(F)F)ccc21. The molecule has 3 aliphatic rings. The number of benzene rings is 1. The van der Waals surface area contributed by atoms with Gasteiger partial charge in [0.25, 0.3) is 0 Å². The molecular formula is C21H29F3N4O2S. The second kappa shape index (κ2) is 9.66. The Labute approximate surface area is 184 Å². The van der Waals surface area contributed by atoms with Crippen molar-refractivity contribution in [3.63, 3.8) is 0 Å². The van der Waals surface area contributed by atoms with E-state index in [2.05, 4.69) is 10.0 Å². The number of carbonyl (C=O) groups excluding carboxylic acids is 1. The lowest BCUT2D eigenvalue weighted by atomic mass is 9.92. The molecule has 3 atom stereocenters. The molecule has 2 heterocycles. The Hall–Kier alpha value is -1.33. The van der Waals surface area contributed by atoms with Gasteiger partial charge in [-0.1, -0.05) is 6.07 Å². The highest BCUT2D eigenvalue weighted by molar-refractivity contribution is 7.95. The van der Waals surface area contributed by atoms with Gasteiger partial charge >= 0.3 is 6.18 Å². The number of rotatable bonds is 5. The third-order valence-corrected chi connectivity index (χ3v) is 7.03. The molecule has 3 unspecified atom stereocenters. The number of nitrogens with two attached hydrogens (primary N) is 1. The normalized spacial score (nSPS) is 27.4. The van der Waals surface area contributed by atoms with Crippen molar-refractivity contribution in [1.82, 2.24) is 14.9 Å². The first-order valence-corrected chi connectivity index (χ1v) is 11.7. The summed E-state index contributed by atoms with van der Waals surface area (Å²) in [4.78, 5) is 15.0. The van der Waals surface area contributed by atoms with Crippen LogP contribution in [0.1, 0.15) is 54.8 Å². The maximum absolute atomic E-state index is 13.3. The second-order valence-corrected chi connectivity index (χ2v) is 9.15. The highest BCUT2D eigenvalue weighted by atomic mass is 32.2. The highest BCUT2D eigenvalue weighted by Gasteiger charge is 2.38. The minimum absolute atomic E-state index is 0.0214. The van der Waals surface area contributed by atoms with Crippen LogP contribution in [0.15, 0.2) is 18.2 Å². The standard InChI is InChI=1S/C21H29F3N4O2S/c22-21(23,24)15-2-4-18-14(9-15)11-28(12-19(18)27-31-25)20(29)13-1-3-17(10-13)26-16-5-7-30-8-6-16/h2,4,9,13,16-17,19,26-27H,1,3,5-8,10-12,25H2. The average Bonchev–Trinajstić information content (AvgIpc) is 3.21. The van der Waals surface area contributed by atoms with Gasteiger partial charge in [0.15, 0.2) is 0 Å². The number of nitrogens with one attached hydrogen (secondary N) is 2. The number of halogens is 3. The molecule has 0 bridgehead atoms. The van der Waals surface area contributed by atoms with Gasteiger partial charge in [0.1, 0.15) is 0 Å². The van der Waals surface area contributed by atoms with Crippen LogP contribution in [0.3, 0.4) is 0 Å². The Morgan fingerprint density at radius 3 is 2.65 bits per heavy atom. The molecule has 1 aromatic carbocycles. The molecule has 6 nitrogen and oxygen atoms in total. The summed E-state index contributed by atoms with van der Waals surface area (Å²) in [6, 6.07) is 4.19. The van der Waals surface area contributed by atoms with Crippen LogP contribution in [0.4, 0.5) is 13.2 Å². The smallest absolute Gasteiger partial charge is 0.381 e. The number of alkyl halides is 3. The van der Waals surface area contributed by atoms with Crippen molar-refractivity contribution in [2.75, 3.05) is 19.8 Å². The summed E-state index contributed by atoms with van der Waals surface area (Å²) in [5.74, 6) is -0.0796. The summed E-state index contributed by atoms with van der Waals surface area (Å²) in [5, 5.41) is 9.24. The molecule has 1 aliphatic carbocycles. The molecular weight excluding hydrogens is 429 g/mol. The summed E-state index contributed by atoms with van der Waals surface area (Å²) >= 11 is 0.917. The zero-order valence-corrected chi connectivity index (χ0v) is 18.1. The molecule has 10 heteroatoms. The van der Waals surface area contributed by atoms with E-state index < -0.39 is 11.7 Å². The van der Waals surface area contributed by atoms with Crippen LogP contribution in [0.5, 0.6) is 0 Å². The van der Waals surface area contributed by atoms with Crippen LogP contribution >= 0.6 is 12.1 Å². The van der Waals surface area contributed by atoms with Crippen LogP contribution in [-0.4, -0.2) is 42.6 Å². The van der Waals surface area contributed by atoms with Gasteiger partial charge in [-0.3, -0.25) is 9.93 Å². The van der Waals surface area contributed by atoms with Crippen molar-refractivity contribution in [1.29, 1.82) is 0 Å². The van der Waals surface area contributed by atoms with E-state index in [0.717, 1.165) is 75.1 Å². The van der Waals surface area contributed by atoms with Gasteiger partial charge in [-0.25, -0.2) is 4.72 Å². The maximum atomic E-state index is 13.3. The summed E-state index contributed by atoms with van der Waals surface area (Å²) < 4.78 is 48.1. The van der Waals surface area contributed by atoms with Gasteiger partial charge < -0.3 is 15.0 Å². The molecule has 1 amide bonds. The van der Waals surface area contributed by atoms with E-state index >= 15 is 0 Å². The zero-order chi connectivity index (χ0) is 22.0. The molecule has 1 saturated heterocycles. The number of fused-ring (bicyclic) bond motifs is 1. The van der Waals surface area contributed by atoms with E-state index in [1.165, 1.54) is 6.07 Å². The molecule has 0 radical (unpaired) electrons. The predicted octanol–water partition coefficient (Wildman–Crippen LogP) is 3.14. The first kappa shape index (κ1) is 22.8. The van der Waals surface area contributed by atoms with E-state index in [1.807, 2.05) is 0 Å². The van der Waals surface area contributed by atoms with Crippen molar-refractivity contribution in [3.05, 3.63) is 34.9 Å². The Bertz CT molecular complexity index is 788. The molecule has 172 valence electrons. The first-order chi connectivity index (χ1) is 14.8. The number of ether oxygens (including phenoxy) is 1. The van der Waals surface area contributed by atoms with Gasteiger partial charge in [-0.15, -0.1) is 0 Å². The van der Waals surface area contributed by atoms with Crippen molar-refractivity contribution >= 4 is 18.0 Å². The molecule has 4 N–H and O–H groups in total. The maximum Gasteiger partial charge on any atom is 0.416 e. The quantitative estimate of drug-likeness (QED) is 0.589. The monoisotopic (exact) mass is 458 g/mol. The summed E-state index contributed by atoms with van der Waals surface area (Å²) in [6.07, 6.45) is 0.0761. The molecule has 1 aromatic rings. The Morgan fingerprint density at radius 2 is 1.94 bits per heavy atom. The van der Waals surface area contributed by atoms with Gasteiger partial charge in [0.05, 0.1) is 11.6 Å². The second-order valence-electron chi connectivity index (χ2n) is 8.68. The molecule has 2 aliphatic heterocycles. The van der Waals surface area contributed by atoms with E-state index in [0.29, 0.717) is 24.2 Å². The van der Waals surface area contributed by atoms with Crippen molar-refractivity contribution in [2.45, 2.75) is 63.0 Å². The van der Waals surface area contributed by atoms with Crippen LogP contribution in [-0.2, 0) is 22.3 Å². The predicted molar refractivity (Wildman–Crippen MR) is 113 cm³/mol. The minimum atomic E-state index is -4.42. The first-order valence-electron chi connectivity index (χ1n) is 10.8. The zero-order valence-electron chi connectivity index (χ0n) is 17.3. The van der Waals surface area contributed by atoms with E-state index in [4.69, 9.17) is 9.88 Å². The molecule has 31 heavy (non-hydrogen) atoms. The lowest BCUT2D eigenvalue weighted by molar-refractivity contribution is -0.137. The van der Waals surface area contributed by atoms with Gasteiger partial charge in [0.2, 0.25) is 5.91 Å².